The van der Waals surface area contributed by atoms with Crippen LogP contribution in [0, 0.1) is 11.8 Å². The van der Waals surface area contributed by atoms with E-state index in [2.05, 4.69) is 20.2 Å². The summed E-state index contributed by atoms with van der Waals surface area (Å²) in [5, 5.41) is 28.2. The highest BCUT2D eigenvalue weighted by atomic mass is 32.1. The Hall–Kier alpha value is -4.12. The molecule has 11 heteroatoms. The fraction of sp³-hybridized carbons (Fsp3) is 0.308. The Morgan fingerprint density at radius 2 is 1.57 bits per heavy atom. The van der Waals surface area contributed by atoms with E-state index in [1.54, 1.807) is 24.3 Å². The molecule has 0 unspecified atom stereocenters. The van der Waals surface area contributed by atoms with Gasteiger partial charge in [0.05, 0.1) is 5.92 Å². The number of carbonyl (C=O) groups excluding carboxylic acids is 2. The molecule has 10 nitrogen and oxygen atoms in total. The Morgan fingerprint density at radius 3 is 2.19 bits per heavy atom. The predicted octanol–water partition coefficient (Wildman–Crippen LogP) is 3.46. The number of nitrogens with zero attached hydrogens (tertiary/aromatic N) is 2. The van der Waals surface area contributed by atoms with E-state index in [1.165, 1.54) is 0 Å². The largest absolute Gasteiger partial charge is 0.481 e. The maximum absolute atomic E-state index is 12.8. The van der Waals surface area contributed by atoms with Crippen molar-refractivity contribution in [3.05, 3.63) is 65.0 Å². The van der Waals surface area contributed by atoms with Crippen molar-refractivity contribution in [2.45, 2.75) is 38.1 Å². The lowest BCUT2D eigenvalue weighted by atomic mass is 9.81. The van der Waals surface area contributed by atoms with Crippen LogP contribution in [0.2, 0.25) is 0 Å². The lowest BCUT2D eigenvalue weighted by Crippen LogP contribution is -2.45. The van der Waals surface area contributed by atoms with Crippen LogP contribution in [-0.4, -0.2) is 49.6 Å². The van der Waals surface area contributed by atoms with Crippen molar-refractivity contribution >= 4 is 41.0 Å². The number of hydrogen-bond donors (Lipinski definition) is 4. The minimum atomic E-state index is -1.16. The molecule has 2 amide bonds. The predicted molar refractivity (Wildman–Crippen MR) is 136 cm³/mol. The number of hydrogen-bond acceptors (Lipinski definition) is 7. The molecule has 0 spiro atoms. The van der Waals surface area contributed by atoms with Gasteiger partial charge in [-0.05, 0) is 54.9 Å². The van der Waals surface area contributed by atoms with Crippen molar-refractivity contribution in [3.63, 3.8) is 0 Å². The molecule has 1 fully saturated rings. The topological polar surface area (TPSA) is 159 Å². The van der Waals surface area contributed by atoms with E-state index < -0.39 is 29.8 Å². The summed E-state index contributed by atoms with van der Waals surface area (Å²) >= 11 is 0.998. The van der Waals surface area contributed by atoms with Gasteiger partial charge in [0.2, 0.25) is 5.91 Å². The zero-order chi connectivity index (χ0) is 26.4. The maximum Gasteiger partial charge on any atom is 0.326 e. The van der Waals surface area contributed by atoms with Gasteiger partial charge in [0.1, 0.15) is 16.6 Å². The van der Waals surface area contributed by atoms with Crippen LogP contribution in [0.1, 0.15) is 40.9 Å². The van der Waals surface area contributed by atoms with Crippen LogP contribution in [-0.2, 0) is 20.8 Å². The van der Waals surface area contributed by atoms with Crippen LogP contribution < -0.4 is 10.6 Å². The SMILES string of the molecule is O=C(Nc1ccc(C[C@H](NC(=O)[C@H]2CC[C@H](C(=O)O)CC2)C(=O)O)cc1)c1snnc1-c1ccccc1. The van der Waals surface area contributed by atoms with Gasteiger partial charge in [-0.25, -0.2) is 4.79 Å². The molecule has 0 saturated heterocycles. The number of anilines is 1. The van der Waals surface area contributed by atoms with Gasteiger partial charge in [0.25, 0.3) is 5.91 Å². The number of carboxylic acids is 2. The van der Waals surface area contributed by atoms with E-state index in [0.717, 1.165) is 17.1 Å². The maximum atomic E-state index is 12.8. The summed E-state index contributed by atoms with van der Waals surface area (Å²) in [6.45, 7) is 0. The number of nitrogens with one attached hydrogen (secondary N) is 2. The zero-order valence-corrected chi connectivity index (χ0v) is 20.6. The van der Waals surface area contributed by atoms with Crippen LogP contribution in [0.5, 0.6) is 0 Å². The molecule has 0 radical (unpaired) electrons. The Labute approximate surface area is 216 Å². The molecular formula is C26H26N4O6S. The lowest BCUT2D eigenvalue weighted by Gasteiger charge is -2.26. The van der Waals surface area contributed by atoms with Gasteiger partial charge >= 0.3 is 11.9 Å². The van der Waals surface area contributed by atoms with Crippen molar-refractivity contribution in [3.8, 4) is 11.3 Å². The van der Waals surface area contributed by atoms with Crippen molar-refractivity contribution in [2.24, 2.45) is 11.8 Å². The molecule has 2 aromatic carbocycles. The Balaban J connectivity index is 1.35. The molecule has 0 aliphatic heterocycles. The first-order valence-electron chi connectivity index (χ1n) is 11.9. The van der Waals surface area contributed by atoms with Crippen LogP contribution in [0.15, 0.2) is 54.6 Å². The van der Waals surface area contributed by atoms with Gasteiger partial charge < -0.3 is 20.8 Å². The van der Waals surface area contributed by atoms with Crippen LogP contribution in [0.25, 0.3) is 11.3 Å². The van der Waals surface area contributed by atoms with Crippen molar-refractivity contribution in [2.75, 3.05) is 5.32 Å². The van der Waals surface area contributed by atoms with E-state index in [-0.39, 0.29) is 18.2 Å². The summed E-state index contributed by atoms with van der Waals surface area (Å²) in [6, 6.07) is 14.9. The summed E-state index contributed by atoms with van der Waals surface area (Å²) in [5.74, 6) is -3.58. The van der Waals surface area contributed by atoms with Gasteiger partial charge in [-0.1, -0.05) is 47.0 Å². The van der Waals surface area contributed by atoms with Crippen LogP contribution in [0.3, 0.4) is 0 Å². The molecule has 4 N–H and O–H groups in total. The van der Waals surface area contributed by atoms with E-state index in [9.17, 15) is 24.3 Å². The first-order valence-corrected chi connectivity index (χ1v) is 12.6. The minimum Gasteiger partial charge on any atom is -0.481 e. The number of amides is 2. The van der Waals surface area contributed by atoms with E-state index in [1.807, 2.05) is 30.3 Å². The molecule has 1 saturated carbocycles. The minimum absolute atomic E-state index is 0.0662. The fourth-order valence-corrected chi connectivity index (χ4v) is 4.95. The molecule has 1 aliphatic carbocycles. The highest BCUT2D eigenvalue weighted by molar-refractivity contribution is 7.08. The highest BCUT2D eigenvalue weighted by Gasteiger charge is 2.31. The van der Waals surface area contributed by atoms with Crippen molar-refractivity contribution < 1.29 is 29.4 Å². The Kier molecular flexibility index (Phi) is 8.24. The summed E-state index contributed by atoms with van der Waals surface area (Å²) in [4.78, 5) is 48.7. The number of carboxylic acid groups (broad SMARTS) is 2. The van der Waals surface area contributed by atoms with Crippen molar-refractivity contribution in [1.82, 2.24) is 14.9 Å². The molecule has 4 rings (SSSR count). The number of benzene rings is 2. The zero-order valence-electron chi connectivity index (χ0n) is 19.8. The molecule has 1 aromatic heterocycles. The first kappa shape index (κ1) is 26.0. The third kappa shape index (κ3) is 6.56. The fourth-order valence-electron chi connectivity index (χ4n) is 4.36. The second-order valence-corrected chi connectivity index (χ2v) is 9.71. The standard InChI is InChI=1S/C26H26N4O6S/c31-23(17-8-10-18(11-9-17)25(33)34)28-20(26(35)36)14-15-6-12-19(13-7-15)27-24(32)22-21(29-30-37-22)16-4-2-1-3-5-16/h1-7,12-13,17-18,20H,8-11,14H2,(H,27,32)(H,28,31)(H,33,34)(H,35,36)/t17-,18-,20-/m0/s1. The number of rotatable bonds is 9. The van der Waals surface area contributed by atoms with E-state index in [0.29, 0.717) is 47.5 Å². The van der Waals surface area contributed by atoms with E-state index >= 15 is 0 Å². The number of aromatic nitrogens is 2. The second-order valence-electron chi connectivity index (χ2n) is 8.96. The average molecular weight is 523 g/mol. The Bertz CT molecular complexity index is 1270. The smallest absolute Gasteiger partial charge is 0.326 e. The first-order chi connectivity index (χ1) is 17.8. The molecule has 1 heterocycles. The second kappa shape index (κ2) is 11.7. The normalized spacial score (nSPS) is 17.9. The molecule has 37 heavy (non-hydrogen) atoms. The summed E-state index contributed by atoms with van der Waals surface area (Å²) in [7, 11) is 0. The summed E-state index contributed by atoms with van der Waals surface area (Å²) < 4.78 is 3.91. The quantitative estimate of drug-likeness (QED) is 0.333. The number of aliphatic carboxylic acids is 2. The highest BCUT2D eigenvalue weighted by Crippen LogP contribution is 2.29. The van der Waals surface area contributed by atoms with Gasteiger partial charge in [0, 0.05) is 23.6 Å². The van der Waals surface area contributed by atoms with Gasteiger partial charge in [0.15, 0.2) is 0 Å². The molecule has 1 aliphatic rings. The van der Waals surface area contributed by atoms with Gasteiger partial charge in [-0.15, -0.1) is 5.10 Å². The lowest BCUT2D eigenvalue weighted by molar-refractivity contribution is -0.144. The van der Waals surface area contributed by atoms with Crippen LogP contribution in [0.4, 0.5) is 5.69 Å². The number of carbonyl (C=O) groups is 4. The van der Waals surface area contributed by atoms with Gasteiger partial charge in [-0.3, -0.25) is 14.4 Å². The van der Waals surface area contributed by atoms with Gasteiger partial charge in [-0.2, -0.15) is 0 Å². The third-order valence-electron chi connectivity index (χ3n) is 6.45. The summed E-state index contributed by atoms with van der Waals surface area (Å²) in [6.07, 6.45) is 1.72. The average Bonchev–Trinajstić information content (AvgIpc) is 3.40. The molecule has 3 aromatic rings. The molecule has 0 bridgehead atoms. The molecular weight excluding hydrogens is 496 g/mol. The Morgan fingerprint density at radius 1 is 0.919 bits per heavy atom. The van der Waals surface area contributed by atoms with Crippen molar-refractivity contribution in [1.29, 1.82) is 0 Å². The monoisotopic (exact) mass is 522 g/mol. The third-order valence-corrected chi connectivity index (χ3v) is 7.18. The summed E-state index contributed by atoms with van der Waals surface area (Å²) in [5.41, 5.74) is 2.47. The van der Waals surface area contributed by atoms with Crippen LogP contribution >= 0.6 is 11.5 Å². The molecule has 1 atom stereocenters. The van der Waals surface area contributed by atoms with E-state index in [4.69, 9.17) is 5.11 Å². The molecule has 192 valence electrons.